The van der Waals surface area contributed by atoms with Gasteiger partial charge in [-0.3, -0.25) is 4.90 Å². The molecule has 0 bridgehead atoms. The Morgan fingerprint density at radius 3 is 2.85 bits per heavy atom. The summed E-state index contributed by atoms with van der Waals surface area (Å²) >= 11 is 0. The summed E-state index contributed by atoms with van der Waals surface area (Å²) in [5.74, 6) is 2.41. The van der Waals surface area contributed by atoms with Crippen LogP contribution in [-0.4, -0.2) is 45.7 Å². The van der Waals surface area contributed by atoms with Crippen molar-refractivity contribution < 1.29 is 4.42 Å². The zero-order chi connectivity index (χ0) is 17.3. The van der Waals surface area contributed by atoms with E-state index in [1.807, 2.05) is 16.6 Å². The number of fused-ring (bicyclic) bond motifs is 1. The Hall–Kier alpha value is -2.34. The van der Waals surface area contributed by atoms with Crippen LogP contribution < -0.4 is 4.90 Å². The van der Waals surface area contributed by atoms with Gasteiger partial charge in [0, 0.05) is 25.6 Å². The number of hydrogen-bond acceptors (Lipinski definition) is 5. The first kappa shape index (κ1) is 15.9. The van der Waals surface area contributed by atoms with Gasteiger partial charge in [-0.1, -0.05) is 0 Å². The van der Waals surface area contributed by atoms with Crippen molar-refractivity contribution in [2.75, 3.05) is 31.1 Å². The highest BCUT2D eigenvalue weighted by molar-refractivity contribution is 5.51. The van der Waals surface area contributed by atoms with E-state index in [-0.39, 0.29) is 0 Å². The minimum atomic E-state index is 0.397. The summed E-state index contributed by atoms with van der Waals surface area (Å²) in [5.41, 5.74) is 2.21. The van der Waals surface area contributed by atoms with Crippen LogP contribution in [0.15, 0.2) is 41.1 Å². The largest absolute Gasteiger partial charge is 0.468 e. The predicted molar refractivity (Wildman–Crippen MR) is 100 cm³/mol. The molecule has 0 spiro atoms. The summed E-state index contributed by atoms with van der Waals surface area (Å²) in [6.07, 6.45) is 8.80. The fourth-order valence-corrected chi connectivity index (χ4v) is 4.26. The SMILES string of the molecule is c1coc(CN2CCC[C@H](c3nc4ccc(N5CCCC5)cn4n3)C2)c1. The van der Waals surface area contributed by atoms with Gasteiger partial charge in [0.2, 0.25) is 0 Å². The van der Waals surface area contributed by atoms with Crippen LogP contribution in [0.4, 0.5) is 5.69 Å². The second kappa shape index (κ2) is 6.76. The van der Waals surface area contributed by atoms with Crippen LogP contribution >= 0.6 is 0 Å². The van der Waals surface area contributed by atoms with E-state index < -0.39 is 0 Å². The number of anilines is 1. The van der Waals surface area contributed by atoms with Crippen molar-refractivity contribution in [3.05, 3.63) is 48.3 Å². The monoisotopic (exact) mass is 351 g/mol. The number of piperidine rings is 1. The van der Waals surface area contributed by atoms with Gasteiger partial charge in [-0.15, -0.1) is 0 Å². The number of pyridine rings is 1. The third-order valence-electron chi connectivity index (χ3n) is 5.63. The first-order chi connectivity index (χ1) is 12.8. The van der Waals surface area contributed by atoms with Crippen LogP contribution in [0.5, 0.6) is 0 Å². The summed E-state index contributed by atoms with van der Waals surface area (Å²) in [4.78, 5) is 9.71. The van der Waals surface area contributed by atoms with Gasteiger partial charge in [0.1, 0.15) is 5.76 Å². The van der Waals surface area contributed by atoms with Crippen LogP contribution in [0.3, 0.4) is 0 Å². The minimum absolute atomic E-state index is 0.397. The molecule has 26 heavy (non-hydrogen) atoms. The Morgan fingerprint density at radius 2 is 2.00 bits per heavy atom. The summed E-state index contributed by atoms with van der Waals surface area (Å²) in [7, 11) is 0. The van der Waals surface area contributed by atoms with Gasteiger partial charge in [-0.2, -0.15) is 5.10 Å². The molecule has 6 heteroatoms. The van der Waals surface area contributed by atoms with E-state index in [1.54, 1.807) is 6.26 Å². The van der Waals surface area contributed by atoms with Gasteiger partial charge in [-0.05, 0) is 56.5 Å². The Morgan fingerprint density at radius 1 is 1.08 bits per heavy atom. The fraction of sp³-hybridized carbons (Fsp3) is 0.500. The number of nitrogens with zero attached hydrogens (tertiary/aromatic N) is 5. The molecule has 1 atom stereocenters. The van der Waals surface area contributed by atoms with Gasteiger partial charge >= 0.3 is 0 Å². The van der Waals surface area contributed by atoms with Crippen molar-refractivity contribution in [3.8, 4) is 0 Å². The third kappa shape index (κ3) is 3.09. The molecule has 3 aromatic heterocycles. The first-order valence-electron chi connectivity index (χ1n) is 9.71. The lowest BCUT2D eigenvalue weighted by atomic mass is 9.97. The maximum absolute atomic E-state index is 5.51. The lowest BCUT2D eigenvalue weighted by Crippen LogP contribution is -2.34. The van der Waals surface area contributed by atoms with Crippen molar-refractivity contribution in [1.82, 2.24) is 19.5 Å². The van der Waals surface area contributed by atoms with E-state index in [0.29, 0.717) is 5.92 Å². The molecule has 0 saturated carbocycles. The fourth-order valence-electron chi connectivity index (χ4n) is 4.26. The number of likely N-dealkylation sites (tertiary alicyclic amines) is 1. The molecule has 5 rings (SSSR count). The van der Waals surface area contributed by atoms with Gasteiger partial charge in [0.25, 0.3) is 0 Å². The molecule has 5 heterocycles. The molecule has 0 unspecified atom stereocenters. The van der Waals surface area contributed by atoms with Crippen LogP contribution in [0, 0.1) is 0 Å². The van der Waals surface area contributed by atoms with Gasteiger partial charge in [-0.25, -0.2) is 9.50 Å². The van der Waals surface area contributed by atoms with E-state index >= 15 is 0 Å². The predicted octanol–water partition coefficient (Wildman–Crippen LogP) is 3.30. The van der Waals surface area contributed by atoms with Crippen LogP contribution in [0.25, 0.3) is 5.65 Å². The van der Waals surface area contributed by atoms with Gasteiger partial charge in [0.05, 0.1) is 24.7 Å². The molecule has 136 valence electrons. The average Bonchev–Trinajstić information content (AvgIpc) is 3.42. The molecule has 3 aromatic rings. The first-order valence-corrected chi connectivity index (χ1v) is 9.71. The molecule has 0 radical (unpaired) electrons. The molecular weight excluding hydrogens is 326 g/mol. The number of hydrogen-bond donors (Lipinski definition) is 0. The zero-order valence-electron chi connectivity index (χ0n) is 15.0. The smallest absolute Gasteiger partial charge is 0.156 e. The second-order valence-electron chi connectivity index (χ2n) is 7.51. The number of aromatic nitrogens is 3. The average molecular weight is 351 g/mol. The molecule has 2 saturated heterocycles. The van der Waals surface area contributed by atoms with Crippen molar-refractivity contribution in [3.63, 3.8) is 0 Å². The van der Waals surface area contributed by atoms with Gasteiger partial charge in [0.15, 0.2) is 11.5 Å². The van der Waals surface area contributed by atoms with E-state index in [9.17, 15) is 0 Å². The van der Waals surface area contributed by atoms with E-state index in [2.05, 4.69) is 28.1 Å². The molecule has 2 aliphatic heterocycles. The molecule has 0 aromatic carbocycles. The summed E-state index contributed by atoms with van der Waals surface area (Å²) in [6.45, 7) is 5.28. The highest BCUT2D eigenvalue weighted by Gasteiger charge is 2.25. The molecule has 0 aliphatic carbocycles. The summed E-state index contributed by atoms with van der Waals surface area (Å²) < 4.78 is 7.47. The molecule has 0 amide bonds. The Labute approximate surface area is 153 Å². The topological polar surface area (TPSA) is 49.8 Å². The van der Waals surface area contributed by atoms with Crippen LogP contribution in [0.1, 0.15) is 43.2 Å². The Balaban J connectivity index is 1.34. The summed E-state index contributed by atoms with van der Waals surface area (Å²) in [5, 5.41) is 4.83. The highest BCUT2D eigenvalue weighted by atomic mass is 16.3. The molecular formula is C20H25N5O. The lowest BCUT2D eigenvalue weighted by molar-refractivity contribution is 0.183. The third-order valence-corrected chi connectivity index (χ3v) is 5.63. The maximum Gasteiger partial charge on any atom is 0.156 e. The Bertz CT molecular complexity index is 866. The summed E-state index contributed by atoms with van der Waals surface area (Å²) in [6, 6.07) is 8.29. The second-order valence-corrected chi connectivity index (χ2v) is 7.51. The quantitative estimate of drug-likeness (QED) is 0.722. The Kier molecular flexibility index (Phi) is 4.13. The normalized spacial score (nSPS) is 21.7. The molecule has 2 aliphatic rings. The highest BCUT2D eigenvalue weighted by Crippen LogP contribution is 2.27. The molecule has 6 nitrogen and oxygen atoms in total. The van der Waals surface area contributed by atoms with Crippen molar-refractivity contribution >= 4 is 11.3 Å². The van der Waals surface area contributed by atoms with Crippen LogP contribution in [-0.2, 0) is 6.54 Å². The van der Waals surface area contributed by atoms with E-state index in [0.717, 1.165) is 56.4 Å². The number of rotatable bonds is 4. The van der Waals surface area contributed by atoms with Gasteiger partial charge < -0.3 is 9.32 Å². The lowest BCUT2D eigenvalue weighted by Gasteiger charge is -2.30. The molecule has 2 fully saturated rings. The van der Waals surface area contributed by atoms with Crippen molar-refractivity contribution in [2.24, 2.45) is 0 Å². The van der Waals surface area contributed by atoms with Crippen molar-refractivity contribution in [1.29, 1.82) is 0 Å². The number of furan rings is 1. The maximum atomic E-state index is 5.51. The standard InChI is InChI=1S/C20H25N5O/c1-2-11-24(10-1)17-7-8-19-21-20(22-25(19)14-17)16-5-3-9-23(13-16)15-18-6-4-12-26-18/h4,6-8,12,14,16H,1-3,5,9-11,13,15H2/t16-/m0/s1. The van der Waals surface area contributed by atoms with Crippen LogP contribution in [0.2, 0.25) is 0 Å². The minimum Gasteiger partial charge on any atom is -0.468 e. The van der Waals surface area contributed by atoms with E-state index in [1.165, 1.54) is 24.9 Å². The van der Waals surface area contributed by atoms with Crippen molar-refractivity contribution in [2.45, 2.75) is 38.1 Å². The zero-order valence-corrected chi connectivity index (χ0v) is 15.0. The molecule has 0 N–H and O–H groups in total. The van der Waals surface area contributed by atoms with E-state index in [4.69, 9.17) is 14.5 Å².